The van der Waals surface area contributed by atoms with Gasteiger partial charge in [0.1, 0.15) is 0 Å². The van der Waals surface area contributed by atoms with E-state index in [9.17, 15) is 0 Å². The average Bonchev–Trinajstić information content (AvgIpc) is 2.67. The minimum absolute atomic E-state index is 0.230. The molecule has 5 heteroatoms. The molecule has 0 unspecified atom stereocenters. The Morgan fingerprint density at radius 1 is 1.40 bits per heavy atom. The predicted octanol–water partition coefficient (Wildman–Crippen LogP) is 2.03. The van der Waals surface area contributed by atoms with Crippen molar-refractivity contribution >= 4 is 11.8 Å². The first-order valence-corrected chi connectivity index (χ1v) is 6.52. The molecule has 0 aliphatic heterocycles. The maximum Gasteiger partial charge on any atom is 0.226 e. The summed E-state index contributed by atoms with van der Waals surface area (Å²) in [7, 11) is 0. The second-order valence-corrected chi connectivity index (χ2v) is 4.44. The SMILES string of the molecule is CCCSCc1noc(CCCCO)n1. The van der Waals surface area contributed by atoms with Gasteiger partial charge in [0.25, 0.3) is 0 Å². The molecular weight excluding hydrogens is 212 g/mol. The van der Waals surface area contributed by atoms with Crippen molar-refractivity contribution in [2.45, 2.75) is 38.4 Å². The molecular formula is C10H18N2O2S. The number of aromatic nitrogens is 2. The summed E-state index contributed by atoms with van der Waals surface area (Å²) >= 11 is 1.82. The van der Waals surface area contributed by atoms with E-state index in [0.717, 1.165) is 36.6 Å². The van der Waals surface area contributed by atoms with E-state index < -0.39 is 0 Å². The number of hydrogen-bond donors (Lipinski definition) is 1. The molecule has 1 N–H and O–H groups in total. The van der Waals surface area contributed by atoms with Crippen molar-refractivity contribution in [2.75, 3.05) is 12.4 Å². The first kappa shape index (κ1) is 12.5. The fraction of sp³-hybridized carbons (Fsp3) is 0.800. The van der Waals surface area contributed by atoms with Crippen molar-refractivity contribution in [3.8, 4) is 0 Å². The van der Waals surface area contributed by atoms with Crippen molar-refractivity contribution in [1.29, 1.82) is 0 Å². The molecule has 0 aromatic carbocycles. The monoisotopic (exact) mass is 230 g/mol. The summed E-state index contributed by atoms with van der Waals surface area (Å²) in [6.07, 6.45) is 3.64. The molecule has 15 heavy (non-hydrogen) atoms. The molecule has 1 aromatic heterocycles. The molecule has 86 valence electrons. The van der Waals surface area contributed by atoms with E-state index in [0.29, 0.717) is 5.89 Å². The number of aliphatic hydroxyl groups excluding tert-OH is 1. The molecule has 0 aliphatic carbocycles. The number of rotatable bonds is 8. The minimum atomic E-state index is 0.230. The van der Waals surface area contributed by atoms with Crippen LogP contribution in [0.5, 0.6) is 0 Å². The van der Waals surface area contributed by atoms with Gasteiger partial charge in [0.2, 0.25) is 5.89 Å². The Balaban J connectivity index is 2.23. The lowest BCUT2D eigenvalue weighted by Crippen LogP contribution is -1.90. The third-order valence-corrected chi connectivity index (χ3v) is 3.05. The molecule has 1 rings (SSSR count). The van der Waals surface area contributed by atoms with Gasteiger partial charge in [-0.05, 0) is 25.0 Å². The fourth-order valence-corrected chi connectivity index (χ4v) is 1.88. The van der Waals surface area contributed by atoms with Crippen LogP contribution < -0.4 is 0 Å². The molecule has 0 fully saturated rings. The number of aliphatic hydroxyl groups is 1. The molecule has 0 atom stereocenters. The summed E-state index contributed by atoms with van der Waals surface area (Å²) in [5.74, 6) is 3.44. The van der Waals surface area contributed by atoms with E-state index in [-0.39, 0.29) is 6.61 Å². The highest BCUT2D eigenvalue weighted by molar-refractivity contribution is 7.98. The Labute approximate surface area is 94.5 Å². The topological polar surface area (TPSA) is 59.2 Å². The number of aryl methyl sites for hydroxylation is 1. The van der Waals surface area contributed by atoms with E-state index in [1.165, 1.54) is 6.42 Å². The van der Waals surface area contributed by atoms with E-state index in [2.05, 4.69) is 17.1 Å². The van der Waals surface area contributed by atoms with Crippen molar-refractivity contribution in [3.05, 3.63) is 11.7 Å². The zero-order valence-electron chi connectivity index (χ0n) is 9.11. The highest BCUT2D eigenvalue weighted by atomic mass is 32.2. The zero-order valence-corrected chi connectivity index (χ0v) is 9.92. The van der Waals surface area contributed by atoms with Crippen LogP contribution in [0.1, 0.15) is 37.9 Å². The summed E-state index contributed by atoms with van der Waals surface area (Å²) in [5, 5.41) is 12.5. The summed E-state index contributed by atoms with van der Waals surface area (Å²) in [6, 6.07) is 0. The highest BCUT2D eigenvalue weighted by Crippen LogP contribution is 2.11. The van der Waals surface area contributed by atoms with Gasteiger partial charge in [-0.3, -0.25) is 0 Å². The summed E-state index contributed by atoms with van der Waals surface area (Å²) in [6.45, 7) is 2.39. The normalized spacial score (nSPS) is 10.8. The van der Waals surface area contributed by atoms with Crippen LogP contribution in [-0.2, 0) is 12.2 Å². The number of thioether (sulfide) groups is 1. The Bertz CT molecular complexity index is 241. The number of nitrogens with zero attached hydrogens (tertiary/aromatic N) is 2. The van der Waals surface area contributed by atoms with Gasteiger partial charge in [-0.2, -0.15) is 16.7 Å². The van der Waals surface area contributed by atoms with E-state index in [4.69, 9.17) is 9.63 Å². The Kier molecular flexibility index (Phi) is 6.43. The molecule has 0 saturated heterocycles. The Hall–Kier alpha value is -0.550. The summed E-state index contributed by atoms with van der Waals surface area (Å²) in [4.78, 5) is 4.27. The molecule has 0 amide bonds. The lowest BCUT2D eigenvalue weighted by molar-refractivity contribution is 0.280. The van der Waals surface area contributed by atoms with Gasteiger partial charge in [0.15, 0.2) is 5.82 Å². The van der Waals surface area contributed by atoms with Crippen LogP contribution in [0.3, 0.4) is 0 Å². The summed E-state index contributed by atoms with van der Waals surface area (Å²) in [5.41, 5.74) is 0. The van der Waals surface area contributed by atoms with Crippen LogP contribution in [0.4, 0.5) is 0 Å². The predicted molar refractivity (Wildman–Crippen MR) is 60.8 cm³/mol. The minimum Gasteiger partial charge on any atom is -0.396 e. The van der Waals surface area contributed by atoms with Gasteiger partial charge in [-0.1, -0.05) is 12.1 Å². The first-order chi connectivity index (χ1) is 7.36. The maximum atomic E-state index is 8.62. The quantitative estimate of drug-likeness (QED) is 0.692. The van der Waals surface area contributed by atoms with Crippen LogP contribution in [-0.4, -0.2) is 27.6 Å². The molecule has 1 heterocycles. The van der Waals surface area contributed by atoms with Crippen molar-refractivity contribution in [3.63, 3.8) is 0 Å². The van der Waals surface area contributed by atoms with E-state index in [1.807, 2.05) is 11.8 Å². The smallest absolute Gasteiger partial charge is 0.226 e. The van der Waals surface area contributed by atoms with Crippen LogP contribution in [0, 0.1) is 0 Å². The van der Waals surface area contributed by atoms with Gasteiger partial charge in [0, 0.05) is 13.0 Å². The third kappa shape index (κ3) is 5.18. The van der Waals surface area contributed by atoms with E-state index in [1.54, 1.807) is 0 Å². The maximum absolute atomic E-state index is 8.62. The molecule has 0 saturated carbocycles. The highest BCUT2D eigenvalue weighted by Gasteiger charge is 2.05. The largest absolute Gasteiger partial charge is 0.396 e. The summed E-state index contributed by atoms with van der Waals surface area (Å²) < 4.78 is 5.09. The zero-order chi connectivity index (χ0) is 10.9. The van der Waals surface area contributed by atoms with Crippen molar-refractivity contribution in [1.82, 2.24) is 10.1 Å². The van der Waals surface area contributed by atoms with Crippen LogP contribution >= 0.6 is 11.8 Å². The Morgan fingerprint density at radius 2 is 2.27 bits per heavy atom. The number of hydrogen-bond acceptors (Lipinski definition) is 5. The second-order valence-electron chi connectivity index (χ2n) is 3.34. The van der Waals surface area contributed by atoms with Gasteiger partial charge in [-0.15, -0.1) is 0 Å². The lowest BCUT2D eigenvalue weighted by Gasteiger charge is -1.92. The standard InChI is InChI=1S/C10H18N2O2S/c1-2-7-15-8-9-11-10(14-12-9)5-3-4-6-13/h13H,2-8H2,1H3. The van der Waals surface area contributed by atoms with E-state index >= 15 is 0 Å². The molecule has 0 radical (unpaired) electrons. The second kappa shape index (κ2) is 7.70. The molecule has 0 bridgehead atoms. The van der Waals surface area contributed by atoms with Crippen LogP contribution in [0.25, 0.3) is 0 Å². The Morgan fingerprint density at radius 3 is 3.00 bits per heavy atom. The molecule has 4 nitrogen and oxygen atoms in total. The van der Waals surface area contributed by atoms with Gasteiger partial charge in [-0.25, -0.2) is 0 Å². The number of unbranched alkanes of at least 4 members (excludes halogenated alkanes) is 1. The molecule has 0 spiro atoms. The van der Waals surface area contributed by atoms with Crippen molar-refractivity contribution in [2.24, 2.45) is 0 Å². The lowest BCUT2D eigenvalue weighted by atomic mass is 10.2. The van der Waals surface area contributed by atoms with Gasteiger partial charge >= 0.3 is 0 Å². The average molecular weight is 230 g/mol. The van der Waals surface area contributed by atoms with Crippen molar-refractivity contribution < 1.29 is 9.63 Å². The van der Waals surface area contributed by atoms with Gasteiger partial charge in [0.05, 0.1) is 5.75 Å². The third-order valence-electron chi connectivity index (χ3n) is 1.89. The van der Waals surface area contributed by atoms with Gasteiger partial charge < -0.3 is 9.63 Å². The fourth-order valence-electron chi connectivity index (χ4n) is 1.15. The molecule has 0 aliphatic rings. The van der Waals surface area contributed by atoms with Crippen LogP contribution in [0.15, 0.2) is 4.52 Å². The first-order valence-electron chi connectivity index (χ1n) is 5.37. The van der Waals surface area contributed by atoms with Crippen LogP contribution in [0.2, 0.25) is 0 Å². The molecule has 1 aromatic rings.